The second-order valence-corrected chi connectivity index (χ2v) is 4.36. The molecular formula is C12H20N2O5. The van der Waals surface area contributed by atoms with Gasteiger partial charge in [0.05, 0.1) is 0 Å². The van der Waals surface area contributed by atoms with Gasteiger partial charge in [-0.25, -0.2) is 4.79 Å². The molecule has 1 aliphatic rings. The maximum Gasteiger partial charge on any atom is 0.329 e. The number of aliphatic carboxylic acids is 1. The fourth-order valence-electron chi connectivity index (χ4n) is 1.96. The average Bonchev–Trinajstić information content (AvgIpc) is 2.63. The molecule has 108 valence electrons. The van der Waals surface area contributed by atoms with Crippen molar-refractivity contribution in [2.24, 2.45) is 0 Å². The van der Waals surface area contributed by atoms with Crippen molar-refractivity contribution in [3.05, 3.63) is 0 Å². The minimum atomic E-state index is -1.09. The van der Waals surface area contributed by atoms with E-state index in [-0.39, 0.29) is 18.4 Å². The summed E-state index contributed by atoms with van der Waals surface area (Å²) >= 11 is 0. The third kappa shape index (κ3) is 5.25. The smallest absolute Gasteiger partial charge is 0.329 e. The molecule has 1 saturated heterocycles. The van der Waals surface area contributed by atoms with Gasteiger partial charge in [-0.05, 0) is 6.42 Å². The molecule has 0 aromatic heterocycles. The number of carboxylic acids is 1. The molecule has 0 unspecified atom stereocenters. The first-order chi connectivity index (χ1) is 9.04. The number of ether oxygens (including phenoxy) is 1. The zero-order valence-electron chi connectivity index (χ0n) is 11.1. The Labute approximate surface area is 112 Å². The normalized spacial score (nSPS) is 16.1. The van der Waals surface area contributed by atoms with Crippen LogP contribution < -0.4 is 0 Å². The minimum absolute atomic E-state index is 0.0939. The summed E-state index contributed by atoms with van der Waals surface area (Å²) in [5.74, 6) is -1.23. The summed E-state index contributed by atoms with van der Waals surface area (Å²) in [5.41, 5.74) is 0. The van der Waals surface area contributed by atoms with Crippen LogP contribution in [0.4, 0.5) is 0 Å². The molecule has 0 radical (unpaired) electrons. The summed E-state index contributed by atoms with van der Waals surface area (Å²) < 4.78 is 4.78. The quantitative estimate of drug-likeness (QED) is 0.733. The Morgan fingerprint density at radius 3 is 2.11 bits per heavy atom. The van der Waals surface area contributed by atoms with Crippen molar-refractivity contribution < 1.29 is 24.2 Å². The third-order valence-electron chi connectivity index (χ3n) is 2.95. The fourth-order valence-corrected chi connectivity index (χ4v) is 1.96. The first-order valence-corrected chi connectivity index (χ1v) is 6.39. The molecule has 1 fully saturated rings. The third-order valence-corrected chi connectivity index (χ3v) is 2.95. The number of carbonyl (C=O) groups excluding carboxylic acids is 2. The van der Waals surface area contributed by atoms with Gasteiger partial charge in [0.25, 0.3) is 0 Å². The summed E-state index contributed by atoms with van der Waals surface area (Å²) in [5, 5.41) is 8.41. The lowest BCUT2D eigenvalue weighted by Gasteiger charge is -2.21. The second kappa shape index (κ2) is 7.73. The van der Waals surface area contributed by atoms with Crippen LogP contribution in [0.25, 0.3) is 0 Å². The van der Waals surface area contributed by atoms with E-state index in [0.717, 1.165) is 6.42 Å². The highest BCUT2D eigenvalue weighted by atomic mass is 16.5. The Morgan fingerprint density at radius 2 is 1.58 bits per heavy atom. The van der Waals surface area contributed by atoms with E-state index >= 15 is 0 Å². The Morgan fingerprint density at radius 1 is 1.00 bits per heavy atom. The summed E-state index contributed by atoms with van der Waals surface area (Å²) in [6.07, 6.45) is 1.20. The molecule has 1 heterocycles. The number of amides is 2. The number of carbonyl (C=O) groups is 3. The molecular weight excluding hydrogens is 252 g/mol. The molecule has 0 aromatic rings. The standard InChI is InChI=1S/C12H20N2O5/c1-2-10(15)13-4-3-5-14(7-6-13)11(16)8-19-9-12(17)18/h2-9H2,1H3,(H,17,18). The highest BCUT2D eigenvalue weighted by Gasteiger charge is 2.21. The first kappa shape index (κ1) is 15.4. The number of hydrogen-bond donors (Lipinski definition) is 1. The van der Waals surface area contributed by atoms with E-state index in [4.69, 9.17) is 9.84 Å². The SMILES string of the molecule is CCC(=O)N1CCCN(C(=O)COCC(=O)O)CC1. The molecule has 0 aromatic carbocycles. The van der Waals surface area contributed by atoms with Crippen molar-refractivity contribution >= 4 is 17.8 Å². The van der Waals surface area contributed by atoms with Gasteiger partial charge in [-0.15, -0.1) is 0 Å². The molecule has 1 rings (SSSR count). The van der Waals surface area contributed by atoms with E-state index in [1.807, 2.05) is 6.92 Å². The maximum atomic E-state index is 11.8. The van der Waals surface area contributed by atoms with Gasteiger partial charge in [0, 0.05) is 32.6 Å². The van der Waals surface area contributed by atoms with Crippen molar-refractivity contribution in [2.45, 2.75) is 19.8 Å². The largest absolute Gasteiger partial charge is 0.480 e. The molecule has 2 amide bonds. The fraction of sp³-hybridized carbons (Fsp3) is 0.750. The average molecular weight is 272 g/mol. The van der Waals surface area contributed by atoms with E-state index in [1.165, 1.54) is 0 Å². The molecule has 7 nitrogen and oxygen atoms in total. The van der Waals surface area contributed by atoms with Crippen LogP contribution in [0.5, 0.6) is 0 Å². The van der Waals surface area contributed by atoms with Gasteiger partial charge in [-0.2, -0.15) is 0 Å². The Kier molecular flexibility index (Phi) is 6.27. The number of rotatable bonds is 5. The number of hydrogen-bond acceptors (Lipinski definition) is 4. The van der Waals surface area contributed by atoms with E-state index in [1.54, 1.807) is 9.80 Å². The second-order valence-electron chi connectivity index (χ2n) is 4.36. The van der Waals surface area contributed by atoms with Crippen LogP contribution in [0.2, 0.25) is 0 Å². The van der Waals surface area contributed by atoms with Crippen LogP contribution in [0.15, 0.2) is 0 Å². The predicted octanol–water partition coefficient (Wildman–Crippen LogP) is -0.441. The number of nitrogens with zero attached hydrogens (tertiary/aromatic N) is 2. The predicted molar refractivity (Wildman–Crippen MR) is 66.5 cm³/mol. The molecule has 0 aliphatic carbocycles. The van der Waals surface area contributed by atoms with Gasteiger partial charge >= 0.3 is 5.97 Å². The van der Waals surface area contributed by atoms with Crippen molar-refractivity contribution in [3.8, 4) is 0 Å². The van der Waals surface area contributed by atoms with Crippen molar-refractivity contribution in [1.29, 1.82) is 0 Å². The molecule has 0 saturated carbocycles. The van der Waals surface area contributed by atoms with E-state index in [2.05, 4.69) is 0 Å². The molecule has 7 heteroatoms. The molecule has 1 N–H and O–H groups in total. The molecule has 0 spiro atoms. The zero-order chi connectivity index (χ0) is 14.3. The van der Waals surface area contributed by atoms with E-state index in [9.17, 15) is 14.4 Å². The molecule has 19 heavy (non-hydrogen) atoms. The highest BCUT2D eigenvalue weighted by molar-refractivity contribution is 5.78. The summed E-state index contributed by atoms with van der Waals surface area (Å²) in [4.78, 5) is 37.0. The van der Waals surface area contributed by atoms with Gasteiger partial charge in [0.2, 0.25) is 11.8 Å². The maximum absolute atomic E-state index is 11.8. The van der Waals surface area contributed by atoms with Gasteiger partial charge in [0.1, 0.15) is 13.2 Å². The molecule has 0 bridgehead atoms. The van der Waals surface area contributed by atoms with Gasteiger partial charge in [0.15, 0.2) is 0 Å². The monoisotopic (exact) mass is 272 g/mol. The van der Waals surface area contributed by atoms with Crippen LogP contribution in [-0.4, -0.2) is 72.1 Å². The summed E-state index contributed by atoms with van der Waals surface area (Å²) in [6.45, 7) is 3.34. The topological polar surface area (TPSA) is 87.2 Å². The van der Waals surface area contributed by atoms with Gasteiger partial charge in [-0.3, -0.25) is 9.59 Å². The molecule has 0 atom stereocenters. The first-order valence-electron chi connectivity index (χ1n) is 6.39. The van der Waals surface area contributed by atoms with Crippen LogP contribution in [0, 0.1) is 0 Å². The minimum Gasteiger partial charge on any atom is -0.480 e. The van der Waals surface area contributed by atoms with Gasteiger partial charge < -0.3 is 19.6 Å². The van der Waals surface area contributed by atoms with E-state index in [0.29, 0.717) is 32.6 Å². The Hall–Kier alpha value is -1.63. The zero-order valence-corrected chi connectivity index (χ0v) is 11.1. The summed E-state index contributed by atoms with van der Waals surface area (Å²) in [7, 11) is 0. The highest BCUT2D eigenvalue weighted by Crippen LogP contribution is 2.05. The van der Waals surface area contributed by atoms with E-state index < -0.39 is 12.6 Å². The van der Waals surface area contributed by atoms with Crippen LogP contribution in [0.1, 0.15) is 19.8 Å². The van der Waals surface area contributed by atoms with Crippen molar-refractivity contribution in [1.82, 2.24) is 9.80 Å². The number of carboxylic acid groups (broad SMARTS) is 1. The Bertz CT molecular complexity index is 345. The van der Waals surface area contributed by atoms with Crippen LogP contribution in [0.3, 0.4) is 0 Å². The lowest BCUT2D eigenvalue weighted by Crippen LogP contribution is -2.38. The van der Waals surface area contributed by atoms with Crippen molar-refractivity contribution in [2.75, 3.05) is 39.4 Å². The Balaban J connectivity index is 2.37. The van der Waals surface area contributed by atoms with Crippen LogP contribution >= 0.6 is 0 Å². The lowest BCUT2D eigenvalue weighted by molar-refractivity contribution is -0.146. The lowest BCUT2D eigenvalue weighted by atomic mass is 10.3. The van der Waals surface area contributed by atoms with Crippen molar-refractivity contribution in [3.63, 3.8) is 0 Å². The summed E-state index contributed by atoms with van der Waals surface area (Å²) in [6, 6.07) is 0. The van der Waals surface area contributed by atoms with Crippen LogP contribution in [-0.2, 0) is 19.1 Å². The van der Waals surface area contributed by atoms with Gasteiger partial charge in [-0.1, -0.05) is 6.92 Å². The molecule has 1 aliphatic heterocycles.